The summed E-state index contributed by atoms with van der Waals surface area (Å²) in [6, 6.07) is 1.18. The van der Waals surface area contributed by atoms with Gasteiger partial charge in [-0.05, 0) is 25.5 Å². The van der Waals surface area contributed by atoms with Crippen LogP contribution in [0.5, 0.6) is 11.5 Å². The molecule has 0 radical (unpaired) electrons. The van der Waals surface area contributed by atoms with Crippen molar-refractivity contribution in [1.29, 1.82) is 0 Å². The van der Waals surface area contributed by atoms with Crippen LogP contribution in [0.15, 0.2) is 6.07 Å². The first-order valence-corrected chi connectivity index (χ1v) is 4.76. The molecule has 4 nitrogen and oxygen atoms in total. The van der Waals surface area contributed by atoms with Crippen molar-refractivity contribution in [3.63, 3.8) is 0 Å². The van der Waals surface area contributed by atoms with Crippen LogP contribution >= 0.6 is 0 Å². The Morgan fingerprint density at radius 3 is 2.53 bits per heavy atom. The van der Waals surface area contributed by atoms with Gasteiger partial charge in [0, 0.05) is 11.1 Å². The van der Waals surface area contributed by atoms with E-state index < -0.39 is 6.04 Å². The van der Waals surface area contributed by atoms with Gasteiger partial charge in [0.2, 0.25) is 0 Å². The Labute approximate surface area is 89.3 Å². The molecule has 4 N–H and O–H groups in total. The second kappa shape index (κ2) is 4.51. The summed E-state index contributed by atoms with van der Waals surface area (Å²) < 4.78 is 5.16. The summed E-state index contributed by atoms with van der Waals surface area (Å²) in [7, 11) is 1.56. The molecule has 1 atom stereocenters. The van der Waals surface area contributed by atoms with Gasteiger partial charge in [0.25, 0.3) is 0 Å². The number of hydrogen-bond donors (Lipinski definition) is 3. The average molecular weight is 211 g/mol. The topological polar surface area (TPSA) is 75.7 Å². The van der Waals surface area contributed by atoms with E-state index in [9.17, 15) is 5.11 Å². The van der Waals surface area contributed by atoms with E-state index in [2.05, 4.69) is 0 Å². The highest BCUT2D eigenvalue weighted by Gasteiger charge is 2.16. The fraction of sp³-hybridized carbons (Fsp3) is 0.455. The number of aromatic hydroxyl groups is 1. The molecule has 0 amide bonds. The maximum absolute atomic E-state index is 9.86. The Hall–Kier alpha value is -1.26. The van der Waals surface area contributed by atoms with Crippen LogP contribution in [0.4, 0.5) is 0 Å². The standard InChI is InChI=1S/C11H17NO3/c1-6-4-8(9(12)5-13)10(14)7(2)11(6)15-3/h4,9,13-14H,5,12H2,1-3H3. The number of phenols is 1. The number of methoxy groups -OCH3 is 1. The minimum atomic E-state index is -0.562. The van der Waals surface area contributed by atoms with Gasteiger partial charge in [0.15, 0.2) is 0 Å². The highest BCUT2D eigenvalue weighted by atomic mass is 16.5. The number of benzene rings is 1. The summed E-state index contributed by atoms with van der Waals surface area (Å²) in [5, 5.41) is 18.8. The minimum Gasteiger partial charge on any atom is -0.507 e. The smallest absolute Gasteiger partial charge is 0.128 e. The summed E-state index contributed by atoms with van der Waals surface area (Å²) in [5.41, 5.74) is 7.77. The molecule has 1 aromatic rings. The molecule has 0 heterocycles. The minimum absolute atomic E-state index is 0.0963. The van der Waals surface area contributed by atoms with Crippen molar-refractivity contribution in [2.75, 3.05) is 13.7 Å². The molecular weight excluding hydrogens is 194 g/mol. The quantitative estimate of drug-likeness (QED) is 0.697. The van der Waals surface area contributed by atoms with E-state index in [-0.39, 0.29) is 12.4 Å². The van der Waals surface area contributed by atoms with E-state index in [0.29, 0.717) is 16.9 Å². The summed E-state index contributed by atoms with van der Waals surface area (Å²) in [6.07, 6.45) is 0. The van der Waals surface area contributed by atoms with E-state index in [4.69, 9.17) is 15.6 Å². The van der Waals surface area contributed by atoms with Crippen molar-refractivity contribution in [2.45, 2.75) is 19.9 Å². The van der Waals surface area contributed by atoms with Crippen LogP contribution in [0.25, 0.3) is 0 Å². The Kier molecular flexibility index (Phi) is 3.55. The molecule has 84 valence electrons. The van der Waals surface area contributed by atoms with Gasteiger partial charge in [-0.3, -0.25) is 0 Å². The first-order valence-electron chi connectivity index (χ1n) is 4.76. The van der Waals surface area contributed by atoms with Gasteiger partial charge in [-0.25, -0.2) is 0 Å². The fourth-order valence-corrected chi connectivity index (χ4v) is 1.68. The number of aliphatic hydroxyl groups excluding tert-OH is 1. The Morgan fingerprint density at radius 2 is 2.07 bits per heavy atom. The van der Waals surface area contributed by atoms with Crippen LogP contribution in [-0.2, 0) is 0 Å². The number of ether oxygens (including phenoxy) is 1. The molecule has 0 spiro atoms. The predicted octanol–water partition coefficient (Wildman–Crippen LogP) is 1.01. The molecule has 0 saturated heterocycles. The molecule has 0 aliphatic heterocycles. The number of aryl methyl sites for hydroxylation is 1. The summed E-state index contributed by atoms with van der Waals surface area (Å²) in [6.45, 7) is 3.44. The lowest BCUT2D eigenvalue weighted by atomic mass is 9.99. The lowest BCUT2D eigenvalue weighted by molar-refractivity contribution is 0.265. The van der Waals surface area contributed by atoms with Crippen molar-refractivity contribution in [1.82, 2.24) is 0 Å². The van der Waals surface area contributed by atoms with Crippen LogP contribution in [0.3, 0.4) is 0 Å². The molecule has 1 rings (SSSR count). The van der Waals surface area contributed by atoms with Gasteiger partial charge in [-0.2, -0.15) is 0 Å². The zero-order chi connectivity index (χ0) is 11.6. The Balaban J connectivity index is 3.33. The van der Waals surface area contributed by atoms with Crippen LogP contribution in [0, 0.1) is 13.8 Å². The van der Waals surface area contributed by atoms with E-state index >= 15 is 0 Å². The zero-order valence-electron chi connectivity index (χ0n) is 9.24. The largest absolute Gasteiger partial charge is 0.507 e. The molecule has 4 heteroatoms. The van der Waals surface area contributed by atoms with Gasteiger partial charge < -0.3 is 20.7 Å². The molecule has 0 aromatic heterocycles. The Morgan fingerprint density at radius 1 is 1.47 bits per heavy atom. The third-order valence-electron chi connectivity index (χ3n) is 2.50. The van der Waals surface area contributed by atoms with Crippen LogP contribution < -0.4 is 10.5 Å². The van der Waals surface area contributed by atoms with Gasteiger partial charge in [-0.1, -0.05) is 0 Å². The zero-order valence-corrected chi connectivity index (χ0v) is 9.24. The lowest BCUT2D eigenvalue weighted by Crippen LogP contribution is -2.15. The maximum atomic E-state index is 9.86. The Bertz CT molecular complexity index is 363. The highest BCUT2D eigenvalue weighted by molar-refractivity contribution is 5.53. The van der Waals surface area contributed by atoms with Crippen molar-refractivity contribution >= 4 is 0 Å². The van der Waals surface area contributed by atoms with E-state index in [1.54, 1.807) is 20.1 Å². The molecule has 0 bridgehead atoms. The fourth-order valence-electron chi connectivity index (χ4n) is 1.68. The van der Waals surface area contributed by atoms with Crippen molar-refractivity contribution in [3.8, 4) is 11.5 Å². The number of hydrogen-bond acceptors (Lipinski definition) is 4. The summed E-state index contributed by atoms with van der Waals surface area (Å²) in [4.78, 5) is 0. The monoisotopic (exact) mass is 211 g/mol. The molecule has 1 unspecified atom stereocenters. The lowest BCUT2D eigenvalue weighted by Gasteiger charge is -2.17. The van der Waals surface area contributed by atoms with Crippen LogP contribution in [-0.4, -0.2) is 23.9 Å². The van der Waals surface area contributed by atoms with Crippen molar-refractivity contribution in [2.24, 2.45) is 5.73 Å². The number of aliphatic hydroxyl groups is 1. The molecule has 0 fully saturated rings. The summed E-state index contributed by atoms with van der Waals surface area (Å²) in [5.74, 6) is 0.750. The van der Waals surface area contributed by atoms with E-state index in [1.165, 1.54) is 0 Å². The van der Waals surface area contributed by atoms with E-state index in [1.807, 2.05) is 6.92 Å². The maximum Gasteiger partial charge on any atom is 0.128 e. The number of phenolic OH excluding ortho intramolecular Hbond substituents is 1. The van der Waals surface area contributed by atoms with Crippen molar-refractivity contribution in [3.05, 3.63) is 22.8 Å². The number of rotatable bonds is 3. The highest BCUT2D eigenvalue weighted by Crippen LogP contribution is 2.35. The molecular formula is C11H17NO3. The predicted molar refractivity (Wildman–Crippen MR) is 58.1 cm³/mol. The molecule has 1 aromatic carbocycles. The first-order chi connectivity index (χ1) is 7.02. The molecule has 15 heavy (non-hydrogen) atoms. The normalized spacial score (nSPS) is 12.6. The second-order valence-corrected chi connectivity index (χ2v) is 3.58. The molecule has 0 saturated carbocycles. The average Bonchev–Trinajstić information content (AvgIpc) is 2.23. The summed E-state index contributed by atoms with van der Waals surface area (Å²) >= 11 is 0. The third kappa shape index (κ3) is 2.06. The van der Waals surface area contributed by atoms with Gasteiger partial charge in [0.05, 0.1) is 19.8 Å². The first kappa shape index (κ1) is 11.8. The second-order valence-electron chi connectivity index (χ2n) is 3.58. The van der Waals surface area contributed by atoms with Crippen LogP contribution in [0.1, 0.15) is 22.7 Å². The van der Waals surface area contributed by atoms with Crippen LogP contribution in [0.2, 0.25) is 0 Å². The third-order valence-corrected chi connectivity index (χ3v) is 2.50. The molecule has 0 aliphatic rings. The van der Waals surface area contributed by atoms with Gasteiger partial charge in [0.1, 0.15) is 11.5 Å². The van der Waals surface area contributed by atoms with E-state index in [0.717, 1.165) is 5.56 Å². The molecule has 0 aliphatic carbocycles. The SMILES string of the molecule is COc1c(C)cc(C(N)CO)c(O)c1C. The van der Waals surface area contributed by atoms with Gasteiger partial charge >= 0.3 is 0 Å². The number of nitrogens with two attached hydrogens (primary N) is 1. The van der Waals surface area contributed by atoms with Gasteiger partial charge in [-0.15, -0.1) is 0 Å². The van der Waals surface area contributed by atoms with Crippen molar-refractivity contribution < 1.29 is 14.9 Å².